The number of esters is 1. The summed E-state index contributed by atoms with van der Waals surface area (Å²) in [6.07, 6.45) is 3.71. The minimum atomic E-state index is -0.469. The van der Waals surface area contributed by atoms with Crippen LogP contribution in [0.25, 0.3) is 0 Å². The highest BCUT2D eigenvalue weighted by atomic mass is 35.5. The van der Waals surface area contributed by atoms with Crippen LogP contribution in [0.1, 0.15) is 15.2 Å². The molecule has 0 saturated carbocycles. The lowest BCUT2D eigenvalue weighted by molar-refractivity contribution is 0.0606. The van der Waals surface area contributed by atoms with Gasteiger partial charge in [-0.3, -0.25) is 4.68 Å². The van der Waals surface area contributed by atoms with Crippen molar-refractivity contribution in [2.24, 2.45) is 7.05 Å². The van der Waals surface area contributed by atoms with Crippen LogP contribution in [0.3, 0.4) is 0 Å². The van der Waals surface area contributed by atoms with Gasteiger partial charge in [0.2, 0.25) is 0 Å². The third-order valence-corrected chi connectivity index (χ3v) is 3.99. The molecule has 0 atom stereocenters. The van der Waals surface area contributed by atoms with E-state index in [2.05, 4.69) is 14.8 Å². The molecule has 0 fully saturated rings. The van der Waals surface area contributed by atoms with Gasteiger partial charge in [-0.1, -0.05) is 22.9 Å². The number of rotatable bonds is 4. The summed E-state index contributed by atoms with van der Waals surface area (Å²) in [7, 11) is 5.06. The molecule has 102 valence electrons. The number of carbonyl (C=O) groups is 1. The lowest BCUT2D eigenvalue weighted by Gasteiger charge is -2.13. The van der Waals surface area contributed by atoms with Crippen molar-refractivity contribution in [3.63, 3.8) is 0 Å². The molecule has 0 N–H and O–H groups in total. The Morgan fingerprint density at radius 2 is 2.37 bits per heavy atom. The molecule has 0 amide bonds. The summed E-state index contributed by atoms with van der Waals surface area (Å²) < 4.78 is 6.38. The smallest absolute Gasteiger partial charge is 0.351 e. The number of carbonyl (C=O) groups excluding carboxylic acids is 1. The molecule has 8 heteroatoms. The summed E-state index contributed by atoms with van der Waals surface area (Å²) in [4.78, 5) is 17.8. The summed E-state index contributed by atoms with van der Waals surface area (Å²) in [6, 6.07) is 0. The van der Waals surface area contributed by atoms with E-state index in [-0.39, 0.29) is 5.15 Å². The SMILES string of the molecule is COC(=O)c1sc(N(C)Cc2cnn(C)c2)nc1Cl. The summed E-state index contributed by atoms with van der Waals surface area (Å²) >= 11 is 7.13. The predicted molar refractivity (Wildman–Crippen MR) is 73.8 cm³/mol. The Balaban J connectivity index is 2.15. The average Bonchev–Trinajstić information content (AvgIpc) is 2.95. The summed E-state index contributed by atoms with van der Waals surface area (Å²) in [6.45, 7) is 0.637. The Morgan fingerprint density at radius 3 is 2.95 bits per heavy atom. The lowest BCUT2D eigenvalue weighted by Crippen LogP contribution is -2.15. The van der Waals surface area contributed by atoms with Crippen LogP contribution in [0.5, 0.6) is 0 Å². The van der Waals surface area contributed by atoms with Gasteiger partial charge in [0.25, 0.3) is 0 Å². The molecule has 0 bridgehead atoms. The quantitative estimate of drug-likeness (QED) is 0.808. The van der Waals surface area contributed by atoms with Gasteiger partial charge in [0.1, 0.15) is 0 Å². The molecular weight excluding hydrogens is 288 g/mol. The average molecular weight is 301 g/mol. The third-order valence-electron chi connectivity index (χ3n) is 2.45. The van der Waals surface area contributed by atoms with Crippen molar-refractivity contribution in [2.45, 2.75) is 6.54 Å². The molecule has 0 unspecified atom stereocenters. The van der Waals surface area contributed by atoms with Crippen molar-refractivity contribution >= 4 is 34.0 Å². The molecule has 0 spiro atoms. The first kappa shape index (κ1) is 13.8. The monoisotopic (exact) mass is 300 g/mol. The van der Waals surface area contributed by atoms with Crippen molar-refractivity contribution in [3.05, 3.63) is 28.0 Å². The van der Waals surface area contributed by atoms with E-state index in [9.17, 15) is 4.79 Å². The zero-order valence-corrected chi connectivity index (χ0v) is 12.3. The number of ether oxygens (including phenoxy) is 1. The number of nitrogens with zero attached hydrogens (tertiary/aromatic N) is 4. The van der Waals surface area contributed by atoms with Crippen LogP contribution in [-0.4, -0.2) is 34.9 Å². The second-order valence-corrected chi connectivity index (χ2v) is 5.32. The molecular formula is C11H13ClN4O2S. The van der Waals surface area contributed by atoms with E-state index in [1.54, 1.807) is 10.9 Å². The normalized spacial score (nSPS) is 10.5. The van der Waals surface area contributed by atoms with Gasteiger partial charge in [0.05, 0.1) is 13.3 Å². The van der Waals surface area contributed by atoms with E-state index in [1.165, 1.54) is 18.4 Å². The molecule has 0 saturated heterocycles. The lowest BCUT2D eigenvalue weighted by atomic mass is 10.3. The van der Waals surface area contributed by atoms with Crippen LogP contribution in [0, 0.1) is 0 Å². The molecule has 0 aromatic carbocycles. The fraction of sp³-hybridized carbons (Fsp3) is 0.364. The van der Waals surface area contributed by atoms with Crippen molar-refractivity contribution in [3.8, 4) is 0 Å². The van der Waals surface area contributed by atoms with Crippen LogP contribution in [0.2, 0.25) is 5.15 Å². The molecule has 6 nitrogen and oxygen atoms in total. The second-order valence-electron chi connectivity index (χ2n) is 3.99. The summed E-state index contributed by atoms with van der Waals surface area (Å²) in [5.74, 6) is -0.469. The molecule has 0 aliphatic rings. The molecule has 0 aliphatic carbocycles. The summed E-state index contributed by atoms with van der Waals surface area (Å²) in [5, 5.41) is 4.93. The van der Waals surface area contributed by atoms with Gasteiger partial charge in [-0.2, -0.15) is 5.10 Å². The van der Waals surface area contributed by atoms with E-state index in [1.807, 2.05) is 25.2 Å². The van der Waals surface area contributed by atoms with Gasteiger partial charge in [-0.15, -0.1) is 0 Å². The number of hydrogen-bond donors (Lipinski definition) is 0. The number of methoxy groups -OCH3 is 1. The van der Waals surface area contributed by atoms with Crippen LogP contribution in [0.4, 0.5) is 5.13 Å². The van der Waals surface area contributed by atoms with E-state index < -0.39 is 5.97 Å². The van der Waals surface area contributed by atoms with Crippen molar-refractivity contribution in [1.82, 2.24) is 14.8 Å². The van der Waals surface area contributed by atoms with E-state index in [0.717, 1.165) is 5.56 Å². The number of aryl methyl sites for hydroxylation is 1. The zero-order chi connectivity index (χ0) is 14.0. The van der Waals surface area contributed by atoms with Crippen molar-refractivity contribution in [1.29, 1.82) is 0 Å². The number of hydrogen-bond acceptors (Lipinski definition) is 6. The zero-order valence-electron chi connectivity index (χ0n) is 10.8. The Morgan fingerprint density at radius 1 is 1.63 bits per heavy atom. The Kier molecular flexibility index (Phi) is 4.06. The van der Waals surface area contributed by atoms with Crippen LogP contribution < -0.4 is 4.90 Å². The first-order chi connectivity index (χ1) is 9.01. The number of anilines is 1. The van der Waals surface area contributed by atoms with Crippen molar-refractivity contribution < 1.29 is 9.53 Å². The topological polar surface area (TPSA) is 60.2 Å². The predicted octanol–water partition coefficient (Wildman–Crippen LogP) is 1.95. The van der Waals surface area contributed by atoms with Gasteiger partial charge in [-0.05, 0) is 0 Å². The number of halogens is 1. The Bertz CT molecular complexity index is 595. The van der Waals surface area contributed by atoms with Crippen LogP contribution in [0.15, 0.2) is 12.4 Å². The highest BCUT2D eigenvalue weighted by Crippen LogP contribution is 2.30. The first-order valence-corrected chi connectivity index (χ1v) is 6.64. The summed E-state index contributed by atoms with van der Waals surface area (Å²) in [5.41, 5.74) is 1.05. The highest BCUT2D eigenvalue weighted by molar-refractivity contribution is 7.18. The number of aromatic nitrogens is 3. The molecule has 2 heterocycles. The standard InChI is InChI=1S/C11H13ClN4O2S/c1-15(5-7-4-13-16(2)6-7)11-14-9(12)8(19-11)10(17)18-3/h4,6H,5H2,1-3H3. The molecule has 0 radical (unpaired) electrons. The Hall–Kier alpha value is -1.60. The Labute approximate surface area is 119 Å². The van der Waals surface area contributed by atoms with E-state index >= 15 is 0 Å². The van der Waals surface area contributed by atoms with Crippen LogP contribution in [-0.2, 0) is 18.3 Å². The van der Waals surface area contributed by atoms with Crippen LogP contribution >= 0.6 is 22.9 Å². The molecule has 2 aromatic heterocycles. The van der Waals surface area contributed by atoms with Gasteiger partial charge in [0.15, 0.2) is 15.2 Å². The molecule has 19 heavy (non-hydrogen) atoms. The van der Waals surface area contributed by atoms with E-state index in [4.69, 9.17) is 11.6 Å². The maximum Gasteiger partial charge on any atom is 0.351 e. The maximum absolute atomic E-state index is 11.5. The van der Waals surface area contributed by atoms with Gasteiger partial charge in [0, 0.05) is 32.4 Å². The van der Waals surface area contributed by atoms with Gasteiger partial charge >= 0.3 is 5.97 Å². The molecule has 2 rings (SSSR count). The van der Waals surface area contributed by atoms with Crippen molar-refractivity contribution in [2.75, 3.05) is 19.1 Å². The largest absolute Gasteiger partial charge is 0.465 e. The fourth-order valence-corrected chi connectivity index (χ4v) is 2.73. The molecule has 2 aromatic rings. The molecule has 0 aliphatic heterocycles. The fourth-order valence-electron chi connectivity index (χ4n) is 1.57. The second kappa shape index (κ2) is 5.58. The number of thiazole rings is 1. The maximum atomic E-state index is 11.5. The van der Waals surface area contributed by atoms with Gasteiger partial charge in [-0.25, -0.2) is 9.78 Å². The minimum absolute atomic E-state index is 0.171. The van der Waals surface area contributed by atoms with E-state index in [0.29, 0.717) is 16.6 Å². The highest BCUT2D eigenvalue weighted by Gasteiger charge is 2.19. The third kappa shape index (κ3) is 3.05. The minimum Gasteiger partial charge on any atom is -0.465 e. The van der Waals surface area contributed by atoms with Gasteiger partial charge < -0.3 is 9.64 Å². The first-order valence-electron chi connectivity index (χ1n) is 5.44.